The third-order valence-corrected chi connectivity index (χ3v) is 6.71. The third kappa shape index (κ3) is 4.83. The summed E-state index contributed by atoms with van der Waals surface area (Å²) in [5.41, 5.74) is 11.6. The van der Waals surface area contributed by atoms with E-state index in [4.69, 9.17) is 10.8 Å². The van der Waals surface area contributed by atoms with Gasteiger partial charge in [0.05, 0.1) is 11.4 Å². The van der Waals surface area contributed by atoms with Crippen molar-refractivity contribution in [2.45, 2.75) is 39.2 Å². The van der Waals surface area contributed by atoms with Crippen LogP contribution in [0.15, 0.2) is 42.7 Å². The van der Waals surface area contributed by atoms with Crippen LogP contribution < -0.4 is 5.73 Å². The highest BCUT2D eigenvalue weighted by atomic mass is 16.1. The number of piperidine rings is 1. The molecule has 0 unspecified atom stereocenters. The lowest BCUT2D eigenvalue weighted by Crippen LogP contribution is -2.32. The van der Waals surface area contributed by atoms with Gasteiger partial charge in [-0.05, 0) is 82.1 Å². The number of nitrogens with zero attached hydrogens (tertiary/aromatic N) is 6. The molecule has 4 aromatic rings. The fraction of sp³-hybridized carbons (Fsp3) is 0.321. The van der Waals surface area contributed by atoms with Crippen LogP contribution in [0, 0.1) is 25.7 Å². The number of Topliss-reactive ketones (excluding diaryl/α,β-unsaturated/α-hetero) is 1. The summed E-state index contributed by atoms with van der Waals surface area (Å²) in [6.07, 6.45) is 3.74. The van der Waals surface area contributed by atoms with Crippen LogP contribution in [0.5, 0.6) is 0 Å². The maximum absolute atomic E-state index is 12.8. The van der Waals surface area contributed by atoms with Gasteiger partial charge in [0.25, 0.3) is 0 Å². The molecule has 1 fully saturated rings. The average Bonchev–Trinajstić information content (AvgIpc) is 3.24. The molecular weight excluding hydrogens is 450 g/mol. The van der Waals surface area contributed by atoms with Crippen LogP contribution in [0.3, 0.4) is 0 Å². The van der Waals surface area contributed by atoms with E-state index < -0.39 is 0 Å². The zero-order valence-corrected chi connectivity index (χ0v) is 20.8. The van der Waals surface area contributed by atoms with Crippen molar-refractivity contribution in [2.24, 2.45) is 0 Å². The molecular formula is C28H29N7O. The van der Waals surface area contributed by atoms with Crippen molar-refractivity contribution in [3.8, 4) is 11.8 Å². The molecule has 4 heterocycles. The molecule has 0 bridgehead atoms. The fourth-order valence-corrected chi connectivity index (χ4v) is 4.59. The second kappa shape index (κ2) is 9.88. The van der Waals surface area contributed by atoms with Crippen molar-refractivity contribution in [3.05, 3.63) is 76.5 Å². The number of nitrogen functional groups attached to an aromatic ring is 1. The SMILES string of the molecule is Cc1cccc(C(=O)Cc2ccc(C)c(C#Cc3nn(C4CCN(C)CC4)c4ncnc(N)c34)c2)n1. The number of aromatic nitrogens is 5. The lowest BCUT2D eigenvalue weighted by atomic mass is 10.0. The quantitative estimate of drug-likeness (QED) is 0.353. The Bertz CT molecular complexity index is 1500. The van der Waals surface area contributed by atoms with E-state index in [-0.39, 0.29) is 18.2 Å². The summed E-state index contributed by atoms with van der Waals surface area (Å²) in [6, 6.07) is 11.7. The van der Waals surface area contributed by atoms with Crippen LogP contribution in [0.2, 0.25) is 0 Å². The average molecular weight is 480 g/mol. The van der Waals surface area contributed by atoms with E-state index in [1.807, 2.05) is 48.9 Å². The predicted molar refractivity (Wildman–Crippen MR) is 140 cm³/mol. The molecule has 8 nitrogen and oxygen atoms in total. The highest BCUT2D eigenvalue weighted by Crippen LogP contribution is 2.28. The molecule has 2 N–H and O–H groups in total. The summed E-state index contributed by atoms with van der Waals surface area (Å²) in [5, 5.41) is 5.53. The minimum atomic E-state index is -0.0192. The van der Waals surface area contributed by atoms with Gasteiger partial charge in [-0.1, -0.05) is 24.1 Å². The number of aryl methyl sites for hydroxylation is 2. The van der Waals surface area contributed by atoms with Gasteiger partial charge in [0.2, 0.25) is 0 Å². The first-order chi connectivity index (χ1) is 17.4. The minimum Gasteiger partial charge on any atom is -0.383 e. The van der Waals surface area contributed by atoms with E-state index in [1.54, 1.807) is 6.07 Å². The van der Waals surface area contributed by atoms with Crippen LogP contribution in [0.1, 0.15) is 57.5 Å². The highest BCUT2D eigenvalue weighted by molar-refractivity contribution is 5.95. The minimum absolute atomic E-state index is 0.0192. The molecule has 0 aliphatic carbocycles. The Morgan fingerprint density at radius 3 is 2.69 bits per heavy atom. The number of carbonyl (C=O) groups is 1. The Morgan fingerprint density at radius 1 is 1.11 bits per heavy atom. The Kier molecular flexibility index (Phi) is 6.49. The summed E-state index contributed by atoms with van der Waals surface area (Å²) < 4.78 is 1.97. The van der Waals surface area contributed by atoms with Crippen LogP contribution in [0.4, 0.5) is 5.82 Å². The second-order valence-corrected chi connectivity index (χ2v) is 9.45. The first-order valence-corrected chi connectivity index (χ1v) is 12.1. The van der Waals surface area contributed by atoms with Gasteiger partial charge in [-0.25, -0.2) is 14.6 Å². The van der Waals surface area contributed by atoms with E-state index in [0.29, 0.717) is 22.6 Å². The molecule has 1 aliphatic rings. The fourth-order valence-electron chi connectivity index (χ4n) is 4.59. The summed E-state index contributed by atoms with van der Waals surface area (Å²) in [7, 11) is 2.13. The van der Waals surface area contributed by atoms with Crippen molar-refractivity contribution in [3.63, 3.8) is 0 Å². The van der Waals surface area contributed by atoms with Gasteiger partial charge in [-0.2, -0.15) is 5.10 Å². The van der Waals surface area contributed by atoms with Crippen molar-refractivity contribution in [2.75, 3.05) is 25.9 Å². The van der Waals surface area contributed by atoms with E-state index in [9.17, 15) is 4.79 Å². The van der Waals surface area contributed by atoms with Crippen LogP contribution in [-0.4, -0.2) is 55.6 Å². The lowest BCUT2D eigenvalue weighted by molar-refractivity contribution is 0.0988. The van der Waals surface area contributed by atoms with Gasteiger partial charge in [0.1, 0.15) is 23.5 Å². The Balaban J connectivity index is 1.46. The molecule has 0 spiro atoms. The number of benzene rings is 1. The molecule has 5 rings (SSSR count). The summed E-state index contributed by atoms with van der Waals surface area (Å²) in [5.74, 6) is 6.85. The number of carbonyl (C=O) groups excluding carboxylic acids is 1. The molecule has 1 aromatic carbocycles. The zero-order valence-electron chi connectivity index (χ0n) is 20.8. The number of nitrogens with two attached hydrogens (primary N) is 1. The van der Waals surface area contributed by atoms with Gasteiger partial charge >= 0.3 is 0 Å². The number of fused-ring (bicyclic) bond motifs is 1. The number of likely N-dealkylation sites (tertiary alicyclic amines) is 1. The number of hydrogen-bond donors (Lipinski definition) is 1. The van der Waals surface area contributed by atoms with Gasteiger partial charge in [0.15, 0.2) is 11.4 Å². The molecule has 0 amide bonds. The van der Waals surface area contributed by atoms with Crippen LogP contribution in [-0.2, 0) is 6.42 Å². The van der Waals surface area contributed by atoms with Crippen molar-refractivity contribution in [1.82, 2.24) is 29.6 Å². The monoisotopic (exact) mass is 479 g/mol. The molecule has 3 aromatic heterocycles. The number of hydrogen-bond acceptors (Lipinski definition) is 7. The zero-order chi connectivity index (χ0) is 25.2. The molecule has 1 aliphatic heterocycles. The van der Waals surface area contributed by atoms with Crippen molar-refractivity contribution in [1.29, 1.82) is 0 Å². The maximum Gasteiger partial charge on any atom is 0.185 e. The van der Waals surface area contributed by atoms with Gasteiger partial charge < -0.3 is 10.6 Å². The Hall–Kier alpha value is -4.09. The number of pyridine rings is 1. The normalized spacial score (nSPS) is 14.5. The summed E-state index contributed by atoms with van der Waals surface area (Å²) >= 11 is 0. The van der Waals surface area contributed by atoms with Crippen LogP contribution in [0.25, 0.3) is 11.0 Å². The first-order valence-electron chi connectivity index (χ1n) is 12.1. The van der Waals surface area contributed by atoms with Gasteiger partial charge in [0, 0.05) is 17.7 Å². The van der Waals surface area contributed by atoms with E-state index >= 15 is 0 Å². The standard InChI is InChI=1S/C28H29N7O/c1-18-7-8-20(16-25(36)23-6-4-5-19(2)32-23)15-21(18)9-10-24-26-27(29)30-17-31-28(26)35(33-24)22-11-13-34(3)14-12-22/h4-8,15,17,22H,11-14,16H2,1-3H3,(H2,29,30,31). The van der Waals surface area contributed by atoms with E-state index in [2.05, 4.69) is 38.7 Å². The van der Waals surface area contributed by atoms with E-state index in [1.165, 1.54) is 6.33 Å². The molecule has 0 atom stereocenters. The Morgan fingerprint density at radius 2 is 1.92 bits per heavy atom. The third-order valence-electron chi connectivity index (χ3n) is 6.71. The number of ketones is 1. The maximum atomic E-state index is 12.8. The molecule has 8 heteroatoms. The van der Waals surface area contributed by atoms with Crippen LogP contribution >= 0.6 is 0 Å². The number of anilines is 1. The molecule has 1 saturated heterocycles. The topological polar surface area (TPSA) is 103 Å². The van der Waals surface area contributed by atoms with Crippen molar-refractivity contribution < 1.29 is 4.79 Å². The van der Waals surface area contributed by atoms with Crippen molar-refractivity contribution >= 4 is 22.6 Å². The molecule has 0 saturated carbocycles. The Labute approximate surface area is 210 Å². The molecule has 182 valence electrons. The van der Waals surface area contributed by atoms with E-state index in [0.717, 1.165) is 54.0 Å². The molecule has 36 heavy (non-hydrogen) atoms. The highest BCUT2D eigenvalue weighted by Gasteiger charge is 2.24. The smallest absolute Gasteiger partial charge is 0.185 e. The summed E-state index contributed by atoms with van der Waals surface area (Å²) in [6.45, 7) is 5.91. The summed E-state index contributed by atoms with van der Waals surface area (Å²) in [4.78, 5) is 28.1. The van der Waals surface area contributed by atoms with Gasteiger partial charge in [-0.3, -0.25) is 9.78 Å². The van der Waals surface area contributed by atoms with Gasteiger partial charge in [-0.15, -0.1) is 0 Å². The number of rotatable bonds is 4. The first kappa shape index (κ1) is 23.6. The molecule has 0 radical (unpaired) electrons. The second-order valence-electron chi connectivity index (χ2n) is 9.45. The predicted octanol–water partition coefficient (Wildman–Crippen LogP) is 3.51. The lowest BCUT2D eigenvalue weighted by Gasteiger charge is -2.29. The largest absolute Gasteiger partial charge is 0.383 e.